The van der Waals surface area contributed by atoms with Gasteiger partial charge in [-0.3, -0.25) is 9.48 Å². The normalized spacial score (nSPS) is 11.8. The quantitative estimate of drug-likeness (QED) is 0.345. The summed E-state index contributed by atoms with van der Waals surface area (Å²) in [4.78, 5) is 22.1. The van der Waals surface area contributed by atoms with Gasteiger partial charge < -0.3 is 9.84 Å². The van der Waals surface area contributed by atoms with Gasteiger partial charge in [0.2, 0.25) is 0 Å². The summed E-state index contributed by atoms with van der Waals surface area (Å²) in [6, 6.07) is 10.1. The van der Waals surface area contributed by atoms with Crippen molar-refractivity contribution in [2.75, 3.05) is 5.32 Å². The number of pyridine rings is 1. The molecule has 0 saturated heterocycles. The third kappa shape index (κ3) is 4.39. The second-order valence-electron chi connectivity index (χ2n) is 7.76. The number of carbonyl (C=O) groups excluding carboxylic acids is 1. The van der Waals surface area contributed by atoms with Crippen molar-refractivity contribution in [3.8, 4) is 10.7 Å². The van der Waals surface area contributed by atoms with Crippen LogP contribution >= 0.6 is 11.3 Å². The Morgan fingerprint density at radius 2 is 2.00 bits per heavy atom. The van der Waals surface area contributed by atoms with Gasteiger partial charge in [0.25, 0.3) is 5.91 Å². The zero-order valence-electron chi connectivity index (χ0n) is 18.4. The third-order valence-electron chi connectivity index (χ3n) is 5.31. The van der Waals surface area contributed by atoms with Crippen molar-refractivity contribution in [2.24, 2.45) is 0 Å². The monoisotopic (exact) mass is 498 g/mol. The number of hydrogen-bond acceptors (Lipinski definition) is 7. The lowest BCUT2D eigenvalue weighted by molar-refractivity contribution is -0.140. The smallest absolute Gasteiger partial charge is 0.361 e. The van der Waals surface area contributed by atoms with E-state index >= 15 is 0 Å². The maximum absolute atomic E-state index is 13.9. The zero-order chi connectivity index (χ0) is 24.7. The van der Waals surface area contributed by atoms with Crippen LogP contribution in [0.1, 0.15) is 33.2 Å². The van der Waals surface area contributed by atoms with Gasteiger partial charge in [-0.05, 0) is 26.0 Å². The highest BCUT2D eigenvalue weighted by Crippen LogP contribution is 2.37. The van der Waals surface area contributed by atoms with E-state index in [1.165, 1.54) is 24.3 Å². The number of para-hydroxylation sites is 1. The average molecular weight is 498 g/mol. The van der Waals surface area contributed by atoms with Crippen molar-refractivity contribution < 1.29 is 22.5 Å². The average Bonchev–Trinajstić information content (AvgIpc) is 3.56. The Morgan fingerprint density at radius 1 is 1.20 bits per heavy atom. The molecule has 0 aliphatic carbocycles. The number of aryl methyl sites for hydroxylation is 1. The molecule has 0 fully saturated rings. The fourth-order valence-corrected chi connectivity index (χ4v) is 4.30. The number of aromatic nitrogens is 5. The maximum Gasteiger partial charge on any atom is 0.437 e. The molecule has 0 aliphatic heterocycles. The second kappa shape index (κ2) is 8.62. The van der Waals surface area contributed by atoms with E-state index in [1.807, 2.05) is 0 Å². The van der Waals surface area contributed by atoms with Gasteiger partial charge in [0.15, 0.2) is 5.69 Å². The van der Waals surface area contributed by atoms with E-state index in [9.17, 15) is 18.0 Å². The van der Waals surface area contributed by atoms with Crippen LogP contribution in [-0.4, -0.2) is 30.8 Å². The van der Waals surface area contributed by atoms with Crippen molar-refractivity contribution >= 4 is 33.8 Å². The number of nitrogens with one attached hydrogen (secondary N) is 1. The second-order valence-corrected chi connectivity index (χ2v) is 8.65. The molecule has 0 atom stereocenters. The first-order chi connectivity index (χ1) is 16.7. The van der Waals surface area contributed by atoms with Crippen molar-refractivity contribution in [3.63, 3.8) is 0 Å². The van der Waals surface area contributed by atoms with Crippen LogP contribution in [0.4, 0.5) is 18.9 Å². The van der Waals surface area contributed by atoms with E-state index in [0.29, 0.717) is 33.1 Å². The van der Waals surface area contributed by atoms with Gasteiger partial charge in [-0.15, -0.1) is 11.3 Å². The minimum Gasteiger partial charge on any atom is -0.361 e. The largest absolute Gasteiger partial charge is 0.437 e. The molecule has 35 heavy (non-hydrogen) atoms. The van der Waals surface area contributed by atoms with E-state index in [2.05, 4.69) is 25.5 Å². The lowest BCUT2D eigenvalue weighted by Crippen LogP contribution is -2.17. The molecule has 0 spiro atoms. The van der Waals surface area contributed by atoms with Gasteiger partial charge in [-0.1, -0.05) is 23.4 Å². The number of halogens is 3. The summed E-state index contributed by atoms with van der Waals surface area (Å²) in [6.07, 6.45) is -3.18. The summed E-state index contributed by atoms with van der Waals surface area (Å²) in [5, 5.41) is 12.9. The number of fused-ring (bicyclic) bond motifs is 1. The molecule has 5 aromatic rings. The first kappa shape index (κ1) is 22.7. The summed E-state index contributed by atoms with van der Waals surface area (Å²) >= 11 is 1.34. The molecule has 0 aliphatic rings. The van der Waals surface area contributed by atoms with Gasteiger partial charge in [0, 0.05) is 23.0 Å². The standard InChI is InChI=1S/C23H17F3N6O2S/c1-12-9-14(31-34-12)11-32-13(2)19(20(30-32)23(24,25)26)29-21(33)16-10-18(22-27-7-8-35-22)28-17-6-4-3-5-15(16)17/h3-10H,11H2,1-2H3,(H,29,33). The summed E-state index contributed by atoms with van der Waals surface area (Å²) in [5.41, 5.74) is 0.0800. The molecule has 1 amide bonds. The predicted molar refractivity (Wildman–Crippen MR) is 123 cm³/mol. The lowest BCUT2D eigenvalue weighted by Gasteiger charge is -2.11. The fraction of sp³-hybridized carbons (Fsp3) is 0.174. The molecule has 0 saturated carbocycles. The summed E-state index contributed by atoms with van der Waals surface area (Å²) in [7, 11) is 0. The first-order valence-corrected chi connectivity index (χ1v) is 11.3. The number of alkyl halides is 3. The van der Waals surface area contributed by atoms with Crippen LogP contribution in [0, 0.1) is 13.8 Å². The highest BCUT2D eigenvalue weighted by atomic mass is 32.1. The molecule has 5 rings (SSSR count). The van der Waals surface area contributed by atoms with Crippen molar-refractivity contribution in [1.82, 2.24) is 24.9 Å². The number of amides is 1. The van der Waals surface area contributed by atoms with E-state index in [4.69, 9.17) is 4.52 Å². The molecule has 8 nitrogen and oxygen atoms in total. The molecule has 0 unspecified atom stereocenters. The van der Waals surface area contributed by atoms with Gasteiger partial charge in [0.05, 0.1) is 29.0 Å². The van der Waals surface area contributed by atoms with E-state index in [0.717, 1.165) is 4.68 Å². The molecule has 4 aromatic heterocycles. The third-order valence-corrected chi connectivity index (χ3v) is 6.11. The Balaban J connectivity index is 1.57. The van der Waals surface area contributed by atoms with Crippen LogP contribution in [0.2, 0.25) is 0 Å². The highest BCUT2D eigenvalue weighted by molar-refractivity contribution is 7.13. The van der Waals surface area contributed by atoms with Crippen LogP contribution in [0.3, 0.4) is 0 Å². The van der Waals surface area contributed by atoms with Gasteiger partial charge >= 0.3 is 6.18 Å². The van der Waals surface area contributed by atoms with Crippen molar-refractivity contribution in [1.29, 1.82) is 0 Å². The Labute approximate surface area is 200 Å². The molecule has 0 bridgehead atoms. The molecule has 12 heteroatoms. The Morgan fingerprint density at radius 3 is 2.69 bits per heavy atom. The molecule has 1 aromatic carbocycles. The van der Waals surface area contributed by atoms with Gasteiger partial charge in [-0.25, -0.2) is 9.97 Å². The predicted octanol–water partition coefficient (Wildman–Crippen LogP) is 5.48. The van der Waals surface area contributed by atoms with Crippen molar-refractivity contribution in [2.45, 2.75) is 26.6 Å². The minimum atomic E-state index is -4.79. The van der Waals surface area contributed by atoms with Crippen LogP contribution in [0.15, 0.2) is 52.5 Å². The maximum atomic E-state index is 13.9. The van der Waals surface area contributed by atoms with Crippen LogP contribution in [0.25, 0.3) is 21.6 Å². The van der Waals surface area contributed by atoms with E-state index in [-0.39, 0.29) is 17.8 Å². The lowest BCUT2D eigenvalue weighted by atomic mass is 10.1. The number of anilines is 1. The topological polar surface area (TPSA) is 98.7 Å². The van der Waals surface area contributed by atoms with E-state index in [1.54, 1.807) is 48.8 Å². The zero-order valence-corrected chi connectivity index (χ0v) is 19.2. The molecule has 178 valence electrons. The molecular formula is C23H17F3N6O2S. The molecule has 0 radical (unpaired) electrons. The first-order valence-electron chi connectivity index (χ1n) is 10.4. The highest BCUT2D eigenvalue weighted by Gasteiger charge is 2.39. The van der Waals surface area contributed by atoms with Crippen LogP contribution in [0.5, 0.6) is 0 Å². The Bertz CT molecular complexity index is 1540. The Hall–Kier alpha value is -4.06. The fourth-order valence-electron chi connectivity index (χ4n) is 3.70. The van der Waals surface area contributed by atoms with Crippen LogP contribution in [-0.2, 0) is 12.7 Å². The number of benzene rings is 1. The summed E-state index contributed by atoms with van der Waals surface area (Å²) < 4.78 is 47.7. The van der Waals surface area contributed by atoms with Crippen LogP contribution < -0.4 is 5.32 Å². The number of carbonyl (C=O) groups is 1. The van der Waals surface area contributed by atoms with E-state index < -0.39 is 23.5 Å². The summed E-state index contributed by atoms with van der Waals surface area (Å²) in [5.74, 6) is -0.193. The SMILES string of the molecule is Cc1cc(Cn2nc(C(F)(F)F)c(NC(=O)c3cc(-c4nccs4)nc4ccccc34)c2C)no1. The summed E-state index contributed by atoms with van der Waals surface area (Å²) in [6.45, 7) is 3.09. The Kier molecular flexibility index (Phi) is 5.59. The molecular weight excluding hydrogens is 481 g/mol. The number of rotatable bonds is 5. The van der Waals surface area contributed by atoms with Crippen molar-refractivity contribution in [3.05, 3.63) is 76.4 Å². The number of thiazole rings is 1. The van der Waals surface area contributed by atoms with Gasteiger partial charge in [-0.2, -0.15) is 18.3 Å². The number of nitrogens with zero attached hydrogens (tertiary/aromatic N) is 5. The van der Waals surface area contributed by atoms with Gasteiger partial charge in [0.1, 0.15) is 22.2 Å². The number of hydrogen-bond donors (Lipinski definition) is 1. The molecule has 4 heterocycles. The minimum absolute atomic E-state index is 0.0471. The molecule has 1 N–H and O–H groups in total.